The van der Waals surface area contributed by atoms with E-state index in [9.17, 15) is 0 Å². The molecule has 0 atom stereocenters. The van der Waals surface area contributed by atoms with E-state index in [4.69, 9.17) is 9.47 Å². The Kier molecular flexibility index (Phi) is 5.92. The maximum absolute atomic E-state index is 5.89. The Balaban J connectivity index is 1.26. The van der Waals surface area contributed by atoms with E-state index in [1.807, 2.05) is 30.3 Å². The highest BCUT2D eigenvalue weighted by atomic mass is 16.5. The number of rotatable bonds is 7. The van der Waals surface area contributed by atoms with Gasteiger partial charge in [0, 0.05) is 30.7 Å². The first kappa shape index (κ1) is 18.2. The maximum Gasteiger partial charge on any atom is 0.232 e. The van der Waals surface area contributed by atoms with Crippen LogP contribution >= 0.6 is 0 Å². The highest BCUT2D eigenvalue weighted by Crippen LogP contribution is 2.24. The van der Waals surface area contributed by atoms with E-state index in [1.165, 1.54) is 0 Å². The molecule has 1 N–H and O–H groups in total. The van der Waals surface area contributed by atoms with Gasteiger partial charge in [0.2, 0.25) is 17.7 Å². The van der Waals surface area contributed by atoms with Crippen LogP contribution < -0.4 is 14.8 Å². The quantitative estimate of drug-likeness (QED) is 0.673. The first-order valence-corrected chi connectivity index (χ1v) is 9.54. The van der Waals surface area contributed by atoms with Gasteiger partial charge < -0.3 is 14.8 Å². The molecule has 7 heteroatoms. The normalized spacial score (nSPS) is 19.0. The monoisotopic (exact) mass is 377 g/mol. The standard InChI is InChI=1S/C21H23N5O2/c1-2-4-16(5-3-1)15-27-19-10-11-24-21(26-19)25-17-6-8-18(9-7-17)28-20-14-22-12-13-23-20/h1-5,10-14,17-18H,6-9,15H2,(H,24,25,26). The third kappa shape index (κ3) is 5.16. The molecule has 1 aliphatic rings. The molecule has 1 saturated carbocycles. The Labute approximate surface area is 164 Å². The van der Waals surface area contributed by atoms with Crippen molar-refractivity contribution >= 4 is 5.95 Å². The zero-order chi connectivity index (χ0) is 19.0. The Morgan fingerprint density at radius 2 is 1.75 bits per heavy atom. The first-order valence-electron chi connectivity index (χ1n) is 9.54. The van der Waals surface area contributed by atoms with Gasteiger partial charge in [-0.15, -0.1) is 0 Å². The molecule has 144 valence electrons. The van der Waals surface area contributed by atoms with E-state index in [1.54, 1.807) is 30.9 Å². The van der Waals surface area contributed by atoms with Crippen LogP contribution in [0.15, 0.2) is 61.2 Å². The molecule has 1 aliphatic carbocycles. The van der Waals surface area contributed by atoms with Crippen molar-refractivity contribution in [1.29, 1.82) is 0 Å². The van der Waals surface area contributed by atoms with Gasteiger partial charge in [0.05, 0.1) is 6.20 Å². The average Bonchev–Trinajstić information content (AvgIpc) is 2.76. The predicted octanol–water partition coefficient (Wildman–Crippen LogP) is 3.65. The van der Waals surface area contributed by atoms with Crippen LogP contribution in [-0.2, 0) is 6.61 Å². The minimum absolute atomic E-state index is 0.177. The minimum Gasteiger partial charge on any atom is -0.473 e. The number of ether oxygens (including phenoxy) is 2. The smallest absolute Gasteiger partial charge is 0.232 e. The molecule has 0 aliphatic heterocycles. The molecular formula is C21H23N5O2. The predicted molar refractivity (Wildman–Crippen MR) is 105 cm³/mol. The Hall–Kier alpha value is -3.22. The fraction of sp³-hybridized carbons (Fsp3) is 0.333. The van der Waals surface area contributed by atoms with E-state index < -0.39 is 0 Å². The van der Waals surface area contributed by atoms with E-state index in [0.717, 1.165) is 31.2 Å². The Bertz CT molecular complexity index is 855. The van der Waals surface area contributed by atoms with E-state index in [-0.39, 0.29) is 6.10 Å². The summed E-state index contributed by atoms with van der Waals surface area (Å²) in [7, 11) is 0. The van der Waals surface area contributed by atoms with Crippen LogP contribution in [-0.4, -0.2) is 32.1 Å². The number of nitrogens with one attached hydrogen (secondary N) is 1. The highest BCUT2D eigenvalue weighted by Gasteiger charge is 2.23. The van der Waals surface area contributed by atoms with Gasteiger partial charge in [0.25, 0.3) is 0 Å². The minimum atomic E-state index is 0.177. The number of nitrogens with zero attached hydrogens (tertiary/aromatic N) is 4. The van der Waals surface area contributed by atoms with Crippen molar-refractivity contribution in [2.75, 3.05) is 5.32 Å². The van der Waals surface area contributed by atoms with Gasteiger partial charge in [0.15, 0.2) is 0 Å². The molecule has 4 rings (SSSR count). The van der Waals surface area contributed by atoms with Crippen LogP contribution in [0.1, 0.15) is 31.2 Å². The van der Waals surface area contributed by atoms with Gasteiger partial charge in [-0.3, -0.25) is 4.98 Å². The second-order valence-electron chi connectivity index (χ2n) is 6.77. The lowest BCUT2D eigenvalue weighted by atomic mass is 9.93. The second-order valence-corrected chi connectivity index (χ2v) is 6.77. The third-order valence-electron chi connectivity index (χ3n) is 4.69. The van der Waals surface area contributed by atoms with E-state index in [0.29, 0.717) is 30.4 Å². The summed E-state index contributed by atoms with van der Waals surface area (Å²) in [6, 6.07) is 12.1. The molecule has 7 nitrogen and oxygen atoms in total. The largest absolute Gasteiger partial charge is 0.473 e. The fourth-order valence-electron chi connectivity index (χ4n) is 3.25. The van der Waals surface area contributed by atoms with Crippen LogP contribution in [0.4, 0.5) is 5.95 Å². The summed E-state index contributed by atoms with van der Waals surface area (Å²) in [5.41, 5.74) is 1.11. The van der Waals surface area contributed by atoms with Crippen molar-refractivity contribution in [3.05, 3.63) is 66.7 Å². The molecule has 1 fully saturated rings. The summed E-state index contributed by atoms with van der Waals surface area (Å²) in [5.74, 6) is 1.76. The van der Waals surface area contributed by atoms with Crippen LogP contribution in [0, 0.1) is 0 Å². The number of anilines is 1. The zero-order valence-corrected chi connectivity index (χ0v) is 15.6. The molecule has 0 amide bonds. The van der Waals surface area contributed by atoms with Crippen molar-refractivity contribution in [3.8, 4) is 11.8 Å². The molecule has 2 aromatic heterocycles. The summed E-state index contributed by atoms with van der Waals surface area (Å²) in [4.78, 5) is 17.0. The van der Waals surface area contributed by atoms with Crippen molar-refractivity contribution in [2.24, 2.45) is 0 Å². The number of benzene rings is 1. The lowest BCUT2D eigenvalue weighted by Gasteiger charge is -2.29. The van der Waals surface area contributed by atoms with Crippen LogP contribution in [0.25, 0.3) is 0 Å². The summed E-state index contributed by atoms with van der Waals surface area (Å²) >= 11 is 0. The van der Waals surface area contributed by atoms with Gasteiger partial charge >= 0.3 is 0 Å². The lowest BCUT2D eigenvalue weighted by molar-refractivity contribution is 0.143. The SMILES string of the molecule is c1ccc(COc2ccnc(NC3CCC(Oc4cnccn4)CC3)n2)cc1. The third-order valence-corrected chi connectivity index (χ3v) is 4.69. The van der Waals surface area contributed by atoms with E-state index in [2.05, 4.69) is 25.3 Å². The summed E-state index contributed by atoms with van der Waals surface area (Å²) in [6.45, 7) is 0.488. The lowest BCUT2D eigenvalue weighted by Crippen LogP contribution is -2.32. The van der Waals surface area contributed by atoms with Crippen LogP contribution in [0.3, 0.4) is 0 Å². The van der Waals surface area contributed by atoms with Crippen LogP contribution in [0.5, 0.6) is 11.8 Å². The molecule has 1 aromatic carbocycles. The summed E-state index contributed by atoms with van der Waals surface area (Å²) in [5, 5.41) is 3.42. The van der Waals surface area contributed by atoms with Gasteiger partial charge in [-0.1, -0.05) is 30.3 Å². The molecule has 0 radical (unpaired) electrons. The molecular weight excluding hydrogens is 354 g/mol. The van der Waals surface area contributed by atoms with Crippen molar-refractivity contribution < 1.29 is 9.47 Å². The van der Waals surface area contributed by atoms with Gasteiger partial charge in [0.1, 0.15) is 12.7 Å². The topological polar surface area (TPSA) is 82.0 Å². The zero-order valence-electron chi connectivity index (χ0n) is 15.6. The van der Waals surface area contributed by atoms with Gasteiger partial charge in [-0.2, -0.15) is 4.98 Å². The molecule has 0 unspecified atom stereocenters. The molecule has 0 spiro atoms. The summed E-state index contributed by atoms with van der Waals surface area (Å²) < 4.78 is 11.7. The average molecular weight is 377 g/mol. The van der Waals surface area contributed by atoms with Crippen molar-refractivity contribution in [3.63, 3.8) is 0 Å². The molecule has 3 aromatic rings. The summed E-state index contributed by atoms with van der Waals surface area (Å²) in [6.07, 6.45) is 10.7. The molecule has 0 saturated heterocycles. The van der Waals surface area contributed by atoms with Crippen molar-refractivity contribution in [1.82, 2.24) is 19.9 Å². The first-order chi connectivity index (χ1) is 13.8. The maximum atomic E-state index is 5.89. The van der Waals surface area contributed by atoms with Crippen molar-refractivity contribution in [2.45, 2.75) is 44.4 Å². The van der Waals surface area contributed by atoms with E-state index >= 15 is 0 Å². The van der Waals surface area contributed by atoms with Gasteiger partial charge in [-0.05, 0) is 31.2 Å². The number of hydrogen-bond acceptors (Lipinski definition) is 7. The Morgan fingerprint density at radius 3 is 2.54 bits per heavy atom. The molecule has 0 bridgehead atoms. The number of aromatic nitrogens is 4. The fourth-order valence-corrected chi connectivity index (χ4v) is 3.25. The Morgan fingerprint density at radius 1 is 0.893 bits per heavy atom. The number of hydrogen-bond donors (Lipinski definition) is 1. The highest BCUT2D eigenvalue weighted by molar-refractivity contribution is 5.29. The molecule has 2 heterocycles. The second kappa shape index (κ2) is 9.12. The van der Waals surface area contributed by atoms with Gasteiger partial charge in [-0.25, -0.2) is 9.97 Å². The molecule has 28 heavy (non-hydrogen) atoms. The van der Waals surface area contributed by atoms with Crippen LogP contribution in [0.2, 0.25) is 0 Å².